The maximum Gasteiger partial charge on any atom is 0.0756 e. The van der Waals surface area contributed by atoms with Crippen LogP contribution in [-0.4, -0.2) is 29.0 Å². The Balaban J connectivity index is 1.45. The van der Waals surface area contributed by atoms with Crippen LogP contribution in [0.1, 0.15) is 51.4 Å². The summed E-state index contributed by atoms with van der Waals surface area (Å²) < 4.78 is 5.98. The van der Waals surface area contributed by atoms with E-state index in [1.54, 1.807) is 0 Å². The van der Waals surface area contributed by atoms with Crippen molar-refractivity contribution in [1.82, 2.24) is 0 Å². The summed E-state index contributed by atoms with van der Waals surface area (Å²) >= 11 is 5.78. The second-order valence-electron chi connectivity index (χ2n) is 7.20. The van der Waals surface area contributed by atoms with Gasteiger partial charge in [-0.3, -0.25) is 0 Å². The van der Waals surface area contributed by atoms with Crippen LogP contribution in [-0.2, 0) is 4.74 Å². The lowest BCUT2D eigenvalue weighted by atomic mass is 9.67. The molecular formula is C18H29BrOS. The summed E-state index contributed by atoms with van der Waals surface area (Å²) in [6.45, 7) is 0.943. The second kappa shape index (κ2) is 7.88. The molecule has 2 aliphatic carbocycles. The molecule has 1 heterocycles. The topological polar surface area (TPSA) is 9.23 Å². The average Bonchev–Trinajstić information content (AvgIpc) is 2.53. The van der Waals surface area contributed by atoms with Gasteiger partial charge in [0, 0.05) is 10.1 Å². The maximum atomic E-state index is 5.98. The molecule has 1 nitrogen and oxygen atoms in total. The van der Waals surface area contributed by atoms with E-state index in [2.05, 4.69) is 34.3 Å². The Labute approximate surface area is 142 Å². The Kier molecular flexibility index (Phi) is 6.15. The third kappa shape index (κ3) is 4.51. The predicted molar refractivity (Wildman–Crippen MR) is 96.3 cm³/mol. The highest BCUT2D eigenvalue weighted by atomic mass is 79.9. The van der Waals surface area contributed by atoms with E-state index >= 15 is 0 Å². The number of fused-ring (bicyclic) bond motifs is 1. The molecule has 2 saturated carbocycles. The van der Waals surface area contributed by atoms with E-state index < -0.39 is 0 Å². The molecule has 0 amide bonds. The molecule has 0 aromatic heterocycles. The highest BCUT2D eigenvalue weighted by Gasteiger charge is 2.34. The van der Waals surface area contributed by atoms with E-state index in [0.717, 1.165) is 34.4 Å². The van der Waals surface area contributed by atoms with Crippen molar-refractivity contribution < 1.29 is 4.74 Å². The fourth-order valence-corrected chi connectivity index (χ4v) is 5.74. The minimum atomic E-state index is 0.393. The molecule has 3 aliphatic rings. The monoisotopic (exact) mass is 372 g/mol. The van der Waals surface area contributed by atoms with Crippen LogP contribution in [0, 0.1) is 17.8 Å². The van der Waals surface area contributed by atoms with Gasteiger partial charge in [0.1, 0.15) is 0 Å². The van der Waals surface area contributed by atoms with Crippen LogP contribution in [0.25, 0.3) is 0 Å². The first-order chi connectivity index (χ1) is 10.2. The maximum absolute atomic E-state index is 5.98. The summed E-state index contributed by atoms with van der Waals surface area (Å²) in [5, 5.41) is 0.726. The van der Waals surface area contributed by atoms with E-state index in [4.69, 9.17) is 4.74 Å². The van der Waals surface area contributed by atoms with Crippen LogP contribution in [0.2, 0.25) is 0 Å². The van der Waals surface area contributed by atoms with Crippen molar-refractivity contribution >= 4 is 27.7 Å². The third-order valence-corrected chi connectivity index (χ3v) is 7.66. The van der Waals surface area contributed by atoms with Crippen LogP contribution in [0.15, 0.2) is 12.2 Å². The fraction of sp³-hybridized carbons (Fsp3) is 0.889. The van der Waals surface area contributed by atoms with Crippen molar-refractivity contribution in [2.45, 2.75) is 67.5 Å². The van der Waals surface area contributed by atoms with Crippen LogP contribution in [0.4, 0.5) is 0 Å². The third-order valence-electron chi connectivity index (χ3n) is 5.79. The van der Waals surface area contributed by atoms with Crippen molar-refractivity contribution in [2.24, 2.45) is 17.8 Å². The van der Waals surface area contributed by atoms with Crippen LogP contribution >= 0.6 is 27.7 Å². The first-order valence-electron chi connectivity index (χ1n) is 8.71. The minimum absolute atomic E-state index is 0.393. The SMILES string of the molecule is CSC1CCC(/C=C/C2CCC3CC(Br)CCC3C2)OC1. The summed E-state index contributed by atoms with van der Waals surface area (Å²) in [6, 6.07) is 0. The van der Waals surface area contributed by atoms with Gasteiger partial charge in [0.2, 0.25) is 0 Å². The molecule has 0 radical (unpaired) electrons. The fourth-order valence-electron chi connectivity index (χ4n) is 4.41. The predicted octanol–water partition coefficient (Wildman–Crippen LogP) is 5.43. The molecule has 0 aromatic carbocycles. The number of alkyl halides is 1. The minimum Gasteiger partial charge on any atom is -0.373 e. The van der Waals surface area contributed by atoms with Crippen LogP contribution in [0.3, 0.4) is 0 Å². The van der Waals surface area contributed by atoms with E-state index in [0.29, 0.717) is 6.10 Å². The van der Waals surface area contributed by atoms with Crippen molar-refractivity contribution in [3.63, 3.8) is 0 Å². The number of ether oxygens (including phenoxy) is 1. The number of allylic oxidation sites excluding steroid dienone is 1. The van der Waals surface area contributed by atoms with Gasteiger partial charge in [-0.2, -0.15) is 11.8 Å². The van der Waals surface area contributed by atoms with E-state index in [-0.39, 0.29) is 0 Å². The van der Waals surface area contributed by atoms with Gasteiger partial charge in [0.25, 0.3) is 0 Å². The summed E-state index contributed by atoms with van der Waals surface area (Å²) in [7, 11) is 0. The second-order valence-corrected chi connectivity index (χ2v) is 9.63. The molecule has 6 unspecified atom stereocenters. The molecule has 21 heavy (non-hydrogen) atoms. The Morgan fingerprint density at radius 1 is 0.952 bits per heavy atom. The van der Waals surface area contributed by atoms with E-state index in [9.17, 15) is 0 Å². The molecule has 3 fully saturated rings. The van der Waals surface area contributed by atoms with Crippen molar-refractivity contribution in [3.05, 3.63) is 12.2 Å². The smallest absolute Gasteiger partial charge is 0.0756 e. The molecule has 0 aromatic rings. The Morgan fingerprint density at radius 2 is 1.76 bits per heavy atom. The van der Waals surface area contributed by atoms with Crippen molar-refractivity contribution in [1.29, 1.82) is 0 Å². The molecule has 0 spiro atoms. The summed E-state index contributed by atoms with van der Waals surface area (Å²) in [5.74, 6) is 2.82. The summed E-state index contributed by atoms with van der Waals surface area (Å²) in [6.07, 6.45) is 18.5. The zero-order valence-corrected chi connectivity index (χ0v) is 15.6. The van der Waals surface area contributed by atoms with Crippen LogP contribution < -0.4 is 0 Å². The molecule has 3 rings (SSSR count). The number of hydrogen-bond donors (Lipinski definition) is 0. The van der Waals surface area contributed by atoms with Gasteiger partial charge in [-0.15, -0.1) is 0 Å². The van der Waals surface area contributed by atoms with Gasteiger partial charge in [0.15, 0.2) is 0 Å². The Morgan fingerprint density at radius 3 is 2.52 bits per heavy atom. The lowest BCUT2D eigenvalue weighted by Gasteiger charge is -2.40. The highest BCUT2D eigenvalue weighted by Crippen LogP contribution is 2.44. The van der Waals surface area contributed by atoms with Gasteiger partial charge in [-0.25, -0.2) is 0 Å². The van der Waals surface area contributed by atoms with Gasteiger partial charge in [-0.05, 0) is 75.4 Å². The molecule has 0 N–H and O–H groups in total. The van der Waals surface area contributed by atoms with Gasteiger partial charge in [-0.1, -0.05) is 28.1 Å². The molecule has 1 aliphatic heterocycles. The lowest BCUT2D eigenvalue weighted by molar-refractivity contribution is 0.0500. The first-order valence-corrected chi connectivity index (χ1v) is 10.9. The summed E-state index contributed by atoms with van der Waals surface area (Å²) in [5.41, 5.74) is 0. The average molecular weight is 373 g/mol. The van der Waals surface area contributed by atoms with E-state index in [1.165, 1.54) is 51.4 Å². The zero-order valence-electron chi connectivity index (χ0n) is 13.2. The normalized spacial score (nSPS) is 44.7. The van der Waals surface area contributed by atoms with Gasteiger partial charge in [0.05, 0.1) is 12.7 Å². The molecule has 1 saturated heterocycles. The highest BCUT2D eigenvalue weighted by molar-refractivity contribution is 9.09. The van der Waals surface area contributed by atoms with Gasteiger partial charge < -0.3 is 4.74 Å². The number of halogens is 1. The molecule has 0 bridgehead atoms. The van der Waals surface area contributed by atoms with Crippen molar-refractivity contribution in [2.75, 3.05) is 12.9 Å². The number of rotatable bonds is 3. The number of hydrogen-bond acceptors (Lipinski definition) is 2. The summed E-state index contributed by atoms with van der Waals surface area (Å²) in [4.78, 5) is 0.797. The Bertz CT molecular complexity index is 351. The van der Waals surface area contributed by atoms with Crippen molar-refractivity contribution in [3.8, 4) is 0 Å². The first kappa shape index (κ1) is 16.4. The molecule has 120 valence electrons. The van der Waals surface area contributed by atoms with Crippen LogP contribution in [0.5, 0.6) is 0 Å². The van der Waals surface area contributed by atoms with E-state index in [1.807, 2.05) is 11.8 Å². The van der Waals surface area contributed by atoms with Gasteiger partial charge >= 0.3 is 0 Å². The lowest BCUT2D eigenvalue weighted by Crippen LogP contribution is -2.31. The number of thioether (sulfide) groups is 1. The molecule has 6 atom stereocenters. The largest absolute Gasteiger partial charge is 0.373 e. The molecule has 3 heteroatoms. The quantitative estimate of drug-likeness (QED) is 0.482. The molecular weight excluding hydrogens is 344 g/mol. The zero-order chi connectivity index (χ0) is 14.7. The standard InChI is InChI=1S/C18H29BrOS/c1-21-18-9-8-17(20-12-18)7-3-13-2-4-15-11-16(19)6-5-14(15)10-13/h3,7,13-18H,2,4-6,8-12H2,1H3/b7-3+. The Hall–Kier alpha value is 0.530.